The number of hydrogen-bond donors (Lipinski definition) is 1. The van der Waals surface area contributed by atoms with E-state index in [1.807, 2.05) is 11.3 Å². The zero-order valence-electron chi connectivity index (χ0n) is 9.74. The largest absolute Gasteiger partial charge is 0.330 e. The molecule has 88 valence electrons. The van der Waals surface area contributed by atoms with Crippen molar-refractivity contribution in [3.8, 4) is 0 Å². The van der Waals surface area contributed by atoms with E-state index < -0.39 is 0 Å². The van der Waals surface area contributed by atoms with Crippen LogP contribution in [0.1, 0.15) is 55.1 Å². The summed E-state index contributed by atoms with van der Waals surface area (Å²) >= 11 is 1.85. The summed E-state index contributed by atoms with van der Waals surface area (Å²) in [7, 11) is 0. The van der Waals surface area contributed by atoms with Gasteiger partial charge in [-0.25, -0.2) is 4.98 Å². The average Bonchev–Trinajstić information content (AvgIpc) is 2.57. The first-order chi connectivity index (χ1) is 7.81. The molecule has 2 nitrogen and oxygen atoms in total. The van der Waals surface area contributed by atoms with Crippen LogP contribution in [0, 0.1) is 5.41 Å². The number of nitrogens with two attached hydrogens (primary N) is 1. The highest BCUT2D eigenvalue weighted by molar-refractivity contribution is 7.09. The van der Waals surface area contributed by atoms with Gasteiger partial charge < -0.3 is 5.73 Å². The second kappa shape index (κ2) is 4.11. The highest BCUT2D eigenvalue weighted by Gasteiger charge is 2.36. The van der Waals surface area contributed by atoms with Gasteiger partial charge in [0.1, 0.15) is 0 Å². The van der Waals surface area contributed by atoms with E-state index in [9.17, 15) is 0 Å². The molecule has 0 aliphatic heterocycles. The molecular formula is C13H20N2S. The first-order valence-corrected chi connectivity index (χ1v) is 7.34. The van der Waals surface area contributed by atoms with Gasteiger partial charge in [-0.2, -0.15) is 0 Å². The molecule has 0 radical (unpaired) electrons. The first-order valence-electron chi connectivity index (χ1n) is 6.46. The van der Waals surface area contributed by atoms with Crippen molar-refractivity contribution < 1.29 is 0 Å². The van der Waals surface area contributed by atoms with Crippen LogP contribution in [0.4, 0.5) is 0 Å². The zero-order chi connectivity index (χ0) is 11.0. The summed E-state index contributed by atoms with van der Waals surface area (Å²) in [4.78, 5) is 4.81. The van der Waals surface area contributed by atoms with Gasteiger partial charge in [-0.15, -0.1) is 11.3 Å². The molecule has 1 aromatic heterocycles. The lowest BCUT2D eigenvalue weighted by Gasteiger charge is -2.40. The van der Waals surface area contributed by atoms with Crippen molar-refractivity contribution in [2.75, 3.05) is 6.54 Å². The van der Waals surface area contributed by atoms with Crippen LogP contribution < -0.4 is 5.73 Å². The molecule has 0 saturated heterocycles. The van der Waals surface area contributed by atoms with Crippen molar-refractivity contribution in [2.24, 2.45) is 11.1 Å². The van der Waals surface area contributed by atoms with E-state index in [1.165, 1.54) is 49.2 Å². The molecule has 0 atom stereocenters. The van der Waals surface area contributed by atoms with E-state index in [-0.39, 0.29) is 0 Å². The summed E-state index contributed by atoms with van der Waals surface area (Å²) < 4.78 is 0. The molecule has 2 aliphatic carbocycles. The standard InChI is InChI=1S/C13H20N2S/c14-9-13(5-2-6-13)7-12-15-11(8-16-12)10-3-1-4-10/h8,10H,1-7,9,14H2. The van der Waals surface area contributed by atoms with Crippen molar-refractivity contribution in [1.82, 2.24) is 4.98 Å². The highest BCUT2D eigenvalue weighted by atomic mass is 32.1. The number of nitrogens with zero attached hydrogens (tertiary/aromatic N) is 1. The molecule has 1 heterocycles. The van der Waals surface area contributed by atoms with Crippen LogP contribution >= 0.6 is 11.3 Å². The summed E-state index contributed by atoms with van der Waals surface area (Å²) in [6.45, 7) is 0.839. The number of aromatic nitrogens is 1. The smallest absolute Gasteiger partial charge is 0.0934 e. The Hall–Kier alpha value is -0.410. The quantitative estimate of drug-likeness (QED) is 0.872. The molecule has 2 fully saturated rings. The maximum absolute atomic E-state index is 5.90. The number of rotatable bonds is 4. The van der Waals surface area contributed by atoms with Crippen LogP contribution in [0.3, 0.4) is 0 Å². The lowest BCUT2D eigenvalue weighted by atomic mass is 9.67. The van der Waals surface area contributed by atoms with E-state index in [0.717, 1.165) is 18.9 Å². The average molecular weight is 236 g/mol. The molecule has 3 heteroatoms. The molecular weight excluding hydrogens is 216 g/mol. The minimum atomic E-state index is 0.411. The summed E-state index contributed by atoms with van der Waals surface area (Å²) in [5.41, 5.74) is 7.67. The van der Waals surface area contributed by atoms with Crippen LogP contribution in [0.25, 0.3) is 0 Å². The SMILES string of the molecule is NCC1(Cc2nc(C3CCC3)cs2)CCC1. The van der Waals surface area contributed by atoms with Gasteiger partial charge in [-0.05, 0) is 37.6 Å². The Morgan fingerprint density at radius 1 is 1.38 bits per heavy atom. The Kier molecular flexibility index (Phi) is 2.76. The maximum atomic E-state index is 5.90. The lowest BCUT2D eigenvalue weighted by Crippen LogP contribution is -2.39. The fourth-order valence-electron chi connectivity index (χ4n) is 2.75. The number of thiazole rings is 1. The molecule has 0 amide bonds. The molecule has 3 rings (SSSR count). The third-order valence-corrected chi connectivity index (χ3v) is 5.33. The molecule has 0 aromatic carbocycles. The van der Waals surface area contributed by atoms with E-state index in [2.05, 4.69) is 5.38 Å². The molecule has 0 bridgehead atoms. The Bertz CT molecular complexity index is 358. The monoisotopic (exact) mass is 236 g/mol. The Morgan fingerprint density at radius 2 is 2.19 bits per heavy atom. The van der Waals surface area contributed by atoms with Crippen molar-refractivity contribution in [1.29, 1.82) is 0 Å². The summed E-state index contributed by atoms with van der Waals surface area (Å²) in [6.07, 6.45) is 9.20. The van der Waals surface area contributed by atoms with Crippen LogP contribution in [-0.2, 0) is 6.42 Å². The minimum Gasteiger partial charge on any atom is -0.330 e. The van der Waals surface area contributed by atoms with E-state index >= 15 is 0 Å². The molecule has 2 saturated carbocycles. The van der Waals surface area contributed by atoms with E-state index in [4.69, 9.17) is 10.7 Å². The topological polar surface area (TPSA) is 38.9 Å². The summed E-state index contributed by atoms with van der Waals surface area (Å²) in [6, 6.07) is 0. The van der Waals surface area contributed by atoms with E-state index in [0.29, 0.717) is 5.41 Å². The molecule has 0 spiro atoms. The zero-order valence-corrected chi connectivity index (χ0v) is 10.6. The third kappa shape index (κ3) is 1.80. The van der Waals surface area contributed by atoms with Crippen molar-refractivity contribution in [2.45, 2.75) is 50.9 Å². The Morgan fingerprint density at radius 3 is 2.69 bits per heavy atom. The molecule has 2 aliphatic rings. The van der Waals surface area contributed by atoms with Crippen molar-refractivity contribution in [3.63, 3.8) is 0 Å². The van der Waals surface area contributed by atoms with Crippen LogP contribution in [0.15, 0.2) is 5.38 Å². The van der Waals surface area contributed by atoms with Crippen LogP contribution in [0.5, 0.6) is 0 Å². The maximum Gasteiger partial charge on any atom is 0.0934 e. The van der Waals surface area contributed by atoms with Gasteiger partial charge >= 0.3 is 0 Å². The van der Waals surface area contributed by atoms with Gasteiger partial charge in [0, 0.05) is 17.7 Å². The molecule has 2 N–H and O–H groups in total. The predicted octanol–water partition coefficient (Wildman–Crippen LogP) is 3.08. The van der Waals surface area contributed by atoms with Gasteiger partial charge in [0.25, 0.3) is 0 Å². The predicted molar refractivity (Wildman–Crippen MR) is 67.7 cm³/mol. The summed E-state index contributed by atoms with van der Waals surface area (Å²) in [5.74, 6) is 0.778. The van der Waals surface area contributed by atoms with E-state index in [1.54, 1.807) is 0 Å². The lowest BCUT2D eigenvalue weighted by molar-refractivity contribution is 0.144. The third-order valence-electron chi connectivity index (χ3n) is 4.47. The minimum absolute atomic E-state index is 0.411. The van der Waals surface area contributed by atoms with Crippen molar-refractivity contribution >= 4 is 11.3 Å². The Labute approximate surface area is 101 Å². The fourth-order valence-corrected chi connectivity index (χ4v) is 3.80. The molecule has 16 heavy (non-hydrogen) atoms. The Balaban J connectivity index is 1.67. The molecule has 0 unspecified atom stereocenters. The van der Waals surface area contributed by atoms with Gasteiger partial charge in [0.15, 0.2) is 0 Å². The normalized spacial score (nSPS) is 23.8. The second-order valence-corrected chi connectivity index (χ2v) is 6.47. The van der Waals surface area contributed by atoms with Gasteiger partial charge in [0.2, 0.25) is 0 Å². The van der Waals surface area contributed by atoms with Gasteiger partial charge in [0.05, 0.1) is 10.7 Å². The fraction of sp³-hybridized carbons (Fsp3) is 0.769. The van der Waals surface area contributed by atoms with Crippen LogP contribution in [0.2, 0.25) is 0 Å². The second-order valence-electron chi connectivity index (χ2n) is 5.53. The van der Waals surface area contributed by atoms with Crippen LogP contribution in [-0.4, -0.2) is 11.5 Å². The van der Waals surface area contributed by atoms with Crippen molar-refractivity contribution in [3.05, 3.63) is 16.1 Å². The summed E-state index contributed by atoms with van der Waals surface area (Å²) in [5, 5.41) is 3.61. The van der Waals surface area contributed by atoms with Gasteiger partial charge in [-0.1, -0.05) is 12.8 Å². The number of hydrogen-bond acceptors (Lipinski definition) is 3. The van der Waals surface area contributed by atoms with Gasteiger partial charge in [-0.3, -0.25) is 0 Å². The molecule has 1 aromatic rings. The highest BCUT2D eigenvalue weighted by Crippen LogP contribution is 2.44. The first kappa shape index (κ1) is 10.7.